The van der Waals surface area contributed by atoms with E-state index in [4.69, 9.17) is 23.2 Å². The fraction of sp³-hybridized carbons (Fsp3) is 0.611. The van der Waals surface area contributed by atoms with Gasteiger partial charge in [-0.05, 0) is 57.4 Å². The molecule has 0 spiro atoms. The van der Waals surface area contributed by atoms with Crippen molar-refractivity contribution in [2.45, 2.75) is 51.6 Å². The zero-order chi connectivity index (χ0) is 17.5. The summed E-state index contributed by atoms with van der Waals surface area (Å²) in [6.45, 7) is 8.86. The predicted molar refractivity (Wildman–Crippen MR) is 98.3 cm³/mol. The molecule has 2 aliphatic heterocycles. The van der Waals surface area contributed by atoms with Crippen molar-refractivity contribution in [3.8, 4) is 0 Å². The Kier molecular flexibility index (Phi) is 5.01. The van der Waals surface area contributed by atoms with Gasteiger partial charge in [-0.1, -0.05) is 29.6 Å². The number of rotatable bonds is 3. The lowest BCUT2D eigenvalue weighted by molar-refractivity contribution is -0.0113. The number of hydrogen-bond donors (Lipinski definition) is 0. The van der Waals surface area contributed by atoms with Crippen molar-refractivity contribution in [2.24, 2.45) is 0 Å². The highest BCUT2D eigenvalue weighted by Crippen LogP contribution is 2.36. The van der Waals surface area contributed by atoms with Crippen LogP contribution in [0, 0.1) is 0 Å². The monoisotopic (exact) mass is 369 g/mol. The number of nitrogens with zero attached hydrogens (tertiary/aromatic N) is 3. The molecule has 0 N–H and O–H groups in total. The summed E-state index contributed by atoms with van der Waals surface area (Å²) in [6, 6.07) is 5.76. The molecule has 24 heavy (non-hydrogen) atoms. The zero-order valence-electron chi connectivity index (χ0n) is 14.6. The van der Waals surface area contributed by atoms with E-state index in [1.165, 1.54) is 6.42 Å². The van der Waals surface area contributed by atoms with Crippen LogP contribution in [0.5, 0.6) is 0 Å². The molecule has 0 radical (unpaired) electrons. The molecule has 2 amide bonds. The number of piperidine rings is 1. The van der Waals surface area contributed by atoms with Gasteiger partial charge in [0, 0.05) is 29.7 Å². The molecule has 0 saturated carbocycles. The third-order valence-corrected chi connectivity index (χ3v) is 5.61. The SMILES string of the molecule is CC1CN(C(C)(C)c2cc(Cl)cc(Cl)c2)C(=O)N1N1CCCCC1. The molecule has 2 fully saturated rings. The van der Waals surface area contributed by atoms with Crippen LogP contribution in [0.15, 0.2) is 18.2 Å². The summed E-state index contributed by atoms with van der Waals surface area (Å²) in [6.07, 6.45) is 3.57. The molecule has 0 bridgehead atoms. The van der Waals surface area contributed by atoms with E-state index in [9.17, 15) is 4.79 Å². The summed E-state index contributed by atoms with van der Waals surface area (Å²) in [5.74, 6) is 0. The minimum atomic E-state index is -0.468. The number of hydrazine groups is 1. The van der Waals surface area contributed by atoms with Gasteiger partial charge >= 0.3 is 6.03 Å². The topological polar surface area (TPSA) is 26.8 Å². The smallest absolute Gasteiger partial charge is 0.312 e. The predicted octanol–water partition coefficient (Wildman–Crippen LogP) is 4.76. The molecule has 2 aliphatic rings. The number of amides is 2. The van der Waals surface area contributed by atoms with E-state index in [0.29, 0.717) is 16.6 Å². The first kappa shape index (κ1) is 17.8. The van der Waals surface area contributed by atoms with Gasteiger partial charge < -0.3 is 4.90 Å². The second-order valence-electron chi connectivity index (χ2n) is 7.32. The summed E-state index contributed by atoms with van der Waals surface area (Å²) < 4.78 is 0. The summed E-state index contributed by atoms with van der Waals surface area (Å²) >= 11 is 12.3. The highest BCUT2D eigenvalue weighted by atomic mass is 35.5. The van der Waals surface area contributed by atoms with Crippen molar-refractivity contribution >= 4 is 29.2 Å². The van der Waals surface area contributed by atoms with E-state index >= 15 is 0 Å². The molecular formula is C18H25Cl2N3O. The highest BCUT2D eigenvalue weighted by molar-refractivity contribution is 6.34. The zero-order valence-corrected chi connectivity index (χ0v) is 16.1. The molecule has 1 atom stereocenters. The van der Waals surface area contributed by atoms with Crippen molar-refractivity contribution in [1.82, 2.24) is 14.9 Å². The van der Waals surface area contributed by atoms with Gasteiger partial charge in [0.2, 0.25) is 0 Å². The van der Waals surface area contributed by atoms with Gasteiger partial charge in [-0.3, -0.25) is 5.01 Å². The minimum absolute atomic E-state index is 0.0745. The second-order valence-corrected chi connectivity index (χ2v) is 8.19. The third-order valence-electron chi connectivity index (χ3n) is 5.17. The van der Waals surface area contributed by atoms with Gasteiger partial charge in [-0.15, -0.1) is 0 Å². The van der Waals surface area contributed by atoms with Crippen LogP contribution < -0.4 is 0 Å². The minimum Gasteiger partial charge on any atom is -0.312 e. The number of urea groups is 1. The van der Waals surface area contributed by atoms with Crippen LogP contribution in [-0.2, 0) is 5.54 Å². The van der Waals surface area contributed by atoms with Crippen LogP contribution in [0.2, 0.25) is 10.0 Å². The van der Waals surface area contributed by atoms with E-state index in [1.807, 2.05) is 22.0 Å². The van der Waals surface area contributed by atoms with Crippen molar-refractivity contribution in [3.05, 3.63) is 33.8 Å². The second kappa shape index (κ2) is 6.74. The Balaban J connectivity index is 1.87. The van der Waals surface area contributed by atoms with Crippen LogP contribution in [0.25, 0.3) is 0 Å². The maximum Gasteiger partial charge on any atom is 0.335 e. The fourth-order valence-electron chi connectivity index (χ4n) is 3.75. The van der Waals surface area contributed by atoms with Gasteiger partial charge in [-0.25, -0.2) is 9.80 Å². The van der Waals surface area contributed by atoms with Crippen molar-refractivity contribution < 1.29 is 4.79 Å². The lowest BCUT2D eigenvalue weighted by Gasteiger charge is -2.39. The summed E-state index contributed by atoms with van der Waals surface area (Å²) in [5.41, 5.74) is 0.491. The average Bonchev–Trinajstić information content (AvgIpc) is 2.82. The molecule has 1 aromatic rings. The Morgan fingerprint density at radius 2 is 1.62 bits per heavy atom. The Bertz CT molecular complexity index is 608. The van der Waals surface area contributed by atoms with E-state index in [-0.39, 0.29) is 12.1 Å². The van der Waals surface area contributed by atoms with E-state index < -0.39 is 5.54 Å². The standard InChI is InChI=1S/C18H25Cl2N3O/c1-13-12-22(17(24)23(13)21-7-5-4-6-8-21)18(2,3)14-9-15(19)11-16(20)10-14/h9-11,13H,4-8,12H2,1-3H3. The molecular weight excluding hydrogens is 345 g/mol. The molecule has 0 aliphatic carbocycles. The highest BCUT2D eigenvalue weighted by Gasteiger charge is 2.45. The maximum atomic E-state index is 13.1. The summed E-state index contributed by atoms with van der Waals surface area (Å²) in [5, 5.41) is 5.36. The molecule has 132 valence electrons. The number of carbonyl (C=O) groups excluding carboxylic acids is 1. The van der Waals surface area contributed by atoms with Gasteiger partial charge in [0.15, 0.2) is 0 Å². The van der Waals surface area contributed by atoms with Crippen molar-refractivity contribution in [2.75, 3.05) is 19.6 Å². The molecule has 4 nitrogen and oxygen atoms in total. The van der Waals surface area contributed by atoms with E-state index in [0.717, 1.165) is 31.5 Å². The number of halogens is 2. The first-order valence-corrected chi connectivity index (χ1v) is 9.38. The first-order valence-electron chi connectivity index (χ1n) is 8.63. The normalized spacial score (nSPS) is 23.2. The van der Waals surface area contributed by atoms with Crippen LogP contribution in [0.1, 0.15) is 45.6 Å². The Morgan fingerprint density at radius 1 is 1.04 bits per heavy atom. The fourth-order valence-corrected chi connectivity index (χ4v) is 4.28. The number of carbonyl (C=O) groups is 1. The number of benzene rings is 1. The van der Waals surface area contributed by atoms with Crippen LogP contribution in [0.3, 0.4) is 0 Å². The van der Waals surface area contributed by atoms with Crippen LogP contribution in [-0.4, -0.2) is 46.6 Å². The quantitative estimate of drug-likeness (QED) is 0.767. The lowest BCUT2D eigenvalue weighted by Crippen LogP contribution is -2.51. The van der Waals surface area contributed by atoms with E-state index in [2.05, 4.69) is 25.8 Å². The van der Waals surface area contributed by atoms with Crippen LogP contribution >= 0.6 is 23.2 Å². The van der Waals surface area contributed by atoms with Crippen LogP contribution in [0.4, 0.5) is 4.79 Å². The van der Waals surface area contributed by atoms with Crippen molar-refractivity contribution in [1.29, 1.82) is 0 Å². The summed E-state index contributed by atoms with van der Waals surface area (Å²) in [4.78, 5) is 15.1. The lowest BCUT2D eigenvalue weighted by atomic mass is 9.92. The van der Waals surface area contributed by atoms with Crippen molar-refractivity contribution in [3.63, 3.8) is 0 Å². The Labute approximate surface area is 154 Å². The molecule has 1 aromatic carbocycles. The molecule has 1 unspecified atom stereocenters. The molecule has 0 aromatic heterocycles. The maximum absolute atomic E-state index is 13.1. The molecule has 2 saturated heterocycles. The Hall–Kier alpha value is -0.970. The largest absolute Gasteiger partial charge is 0.335 e. The van der Waals surface area contributed by atoms with Gasteiger partial charge in [0.25, 0.3) is 0 Å². The summed E-state index contributed by atoms with van der Waals surface area (Å²) in [7, 11) is 0. The molecule has 6 heteroatoms. The van der Waals surface area contributed by atoms with E-state index in [1.54, 1.807) is 6.07 Å². The van der Waals surface area contributed by atoms with Gasteiger partial charge in [0.05, 0.1) is 11.6 Å². The molecule has 2 heterocycles. The average molecular weight is 370 g/mol. The van der Waals surface area contributed by atoms with Gasteiger partial charge in [0.1, 0.15) is 0 Å². The first-order chi connectivity index (χ1) is 11.3. The molecule has 3 rings (SSSR count). The third kappa shape index (κ3) is 3.24. The Morgan fingerprint density at radius 3 is 2.21 bits per heavy atom. The number of hydrogen-bond acceptors (Lipinski definition) is 2. The van der Waals surface area contributed by atoms with Gasteiger partial charge in [-0.2, -0.15) is 0 Å².